The minimum absolute atomic E-state index is 0.0454. The molecule has 0 aromatic heterocycles. The molecule has 2 rings (SSSR count). The zero-order valence-corrected chi connectivity index (χ0v) is 16.4. The third-order valence-electron chi connectivity index (χ3n) is 4.57. The Labute approximate surface area is 159 Å². The SMILES string of the molecule is COCC(C)(CC(=O)O)NC(=O)C1CCCN(S(=O)(=O)c2ccccc2)C1. The number of rotatable bonds is 8. The van der Waals surface area contributed by atoms with Crippen molar-refractivity contribution < 1.29 is 27.9 Å². The first-order chi connectivity index (χ1) is 12.7. The quantitative estimate of drug-likeness (QED) is 0.678. The first kappa shape index (κ1) is 21.3. The summed E-state index contributed by atoms with van der Waals surface area (Å²) in [7, 11) is -2.24. The lowest BCUT2D eigenvalue weighted by Gasteiger charge is -2.34. The van der Waals surface area contributed by atoms with Crippen molar-refractivity contribution in [1.29, 1.82) is 0 Å². The van der Waals surface area contributed by atoms with Gasteiger partial charge in [-0.15, -0.1) is 0 Å². The van der Waals surface area contributed by atoms with Gasteiger partial charge in [-0.1, -0.05) is 18.2 Å². The van der Waals surface area contributed by atoms with Gasteiger partial charge in [-0.25, -0.2) is 8.42 Å². The molecule has 0 radical (unpaired) electrons. The highest BCUT2D eigenvalue weighted by molar-refractivity contribution is 7.89. The normalized spacial score (nSPS) is 20.6. The molecule has 27 heavy (non-hydrogen) atoms. The molecule has 1 amide bonds. The van der Waals surface area contributed by atoms with E-state index in [1.807, 2.05) is 0 Å². The van der Waals surface area contributed by atoms with Gasteiger partial charge in [0.05, 0.1) is 29.4 Å². The number of carbonyl (C=O) groups is 2. The Kier molecular flexibility index (Phi) is 6.96. The molecule has 2 atom stereocenters. The monoisotopic (exact) mass is 398 g/mol. The Bertz CT molecular complexity index is 767. The van der Waals surface area contributed by atoms with Crippen molar-refractivity contribution in [3.63, 3.8) is 0 Å². The van der Waals surface area contributed by atoms with E-state index in [1.165, 1.54) is 23.5 Å². The summed E-state index contributed by atoms with van der Waals surface area (Å²) in [5.74, 6) is -1.95. The van der Waals surface area contributed by atoms with E-state index in [0.29, 0.717) is 19.4 Å². The Balaban J connectivity index is 2.11. The fourth-order valence-corrected chi connectivity index (χ4v) is 4.84. The van der Waals surface area contributed by atoms with Gasteiger partial charge in [0.1, 0.15) is 0 Å². The third kappa shape index (κ3) is 5.50. The summed E-state index contributed by atoms with van der Waals surface area (Å²) in [6.07, 6.45) is 0.818. The molecule has 0 saturated carbocycles. The number of piperidine rings is 1. The van der Waals surface area contributed by atoms with Gasteiger partial charge < -0.3 is 15.2 Å². The van der Waals surface area contributed by atoms with Crippen molar-refractivity contribution in [2.75, 3.05) is 26.8 Å². The van der Waals surface area contributed by atoms with Gasteiger partial charge in [-0.3, -0.25) is 9.59 Å². The molecule has 1 fully saturated rings. The molecule has 0 spiro atoms. The number of aliphatic carboxylic acids is 1. The van der Waals surface area contributed by atoms with Gasteiger partial charge >= 0.3 is 5.97 Å². The molecule has 150 valence electrons. The second-order valence-electron chi connectivity index (χ2n) is 7.07. The minimum atomic E-state index is -3.67. The van der Waals surface area contributed by atoms with Crippen LogP contribution in [0.15, 0.2) is 35.2 Å². The molecule has 1 aromatic rings. The Morgan fingerprint density at radius 3 is 2.59 bits per heavy atom. The number of benzene rings is 1. The summed E-state index contributed by atoms with van der Waals surface area (Å²) in [6.45, 7) is 2.07. The largest absolute Gasteiger partial charge is 0.481 e. The lowest BCUT2D eigenvalue weighted by Crippen LogP contribution is -2.54. The number of hydrogen-bond acceptors (Lipinski definition) is 5. The number of carboxylic acid groups (broad SMARTS) is 1. The summed E-state index contributed by atoms with van der Waals surface area (Å²) in [5.41, 5.74) is -1.06. The van der Waals surface area contributed by atoms with E-state index in [9.17, 15) is 18.0 Å². The van der Waals surface area contributed by atoms with E-state index in [1.54, 1.807) is 25.1 Å². The number of carboxylic acids is 1. The maximum Gasteiger partial charge on any atom is 0.305 e. The van der Waals surface area contributed by atoms with E-state index < -0.39 is 27.4 Å². The molecule has 9 heteroatoms. The van der Waals surface area contributed by atoms with Crippen molar-refractivity contribution >= 4 is 21.9 Å². The number of ether oxygens (including phenoxy) is 1. The van der Waals surface area contributed by atoms with Crippen molar-refractivity contribution in [1.82, 2.24) is 9.62 Å². The summed E-state index contributed by atoms with van der Waals surface area (Å²) in [6, 6.07) is 8.11. The number of methoxy groups -OCH3 is 1. The Morgan fingerprint density at radius 1 is 1.33 bits per heavy atom. The number of nitrogens with one attached hydrogen (secondary N) is 1. The number of amides is 1. The molecule has 1 heterocycles. The second kappa shape index (κ2) is 8.81. The van der Waals surface area contributed by atoms with E-state index >= 15 is 0 Å². The predicted octanol–water partition coefficient (Wildman–Crippen LogP) is 1.08. The van der Waals surface area contributed by atoms with E-state index in [-0.39, 0.29) is 30.4 Å². The van der Waals surface area contributed by atoms with Gasteiger partial charge in [0, 0.05) is 20.2 Å². The lowest BCUT2D eigenvalue weighted by atomic mass is 9.94. The first-order valence-corrected chi connectivity index (χ1v) is 10.2. The molecule has 8 nitrogen and oxygen atoms in total. The van der Waals surface area contributed by atoms with Crippen LogP contribution in [0, 0.1) is 5.92 Å². The molecule has 1 aliphatic heterocycles. The van der Waals surface area contributed by atoms with Gasteiger partial charge in [0.2, 0.25) is 15.9 Å². The molecule has 2 N–H and O–H groups in total. The van der Waals surface area contributed by atoms with Crippen LogP contribution in [0.3, 0.4) is 0 Å². The average Bonchev–Trinajstić information content (AvgIpc) is 2.61. The zero-order chi connectivity index (χ0) is 20.1. The van der Waals surface area contributed by atoms with Crippen LogP contribution in [0.5, 0.6) is 0 Å². The fraction of sp³-hybridized carbons (Fsp3) is 0.556. The molecule has 0 bridgehead atoms. The number of sulfonamides is 1. The number of nitrogens with zero attached hydrogens (tertiary/aromatic N) is 1. The van der Waals surface area contributed by atoms with Gasteiger partial charge in [0.25, 0.3) is 0 Å². The highest BCUT2D eigenvalue weighted by Crippen LogP contribution is 2.24. The van der Waals surface area contributed by atoms with Crippen LogP contribution in [-0.4, -0.2) is 62.1 Å². The van der Waals surface area contributed by atoms with Crippen molar-refractivity contribution in [3.8, 4) is 0 Å². The highest BCUT2D eigenvalue weighted by atomic mass is 32.2. The average molecular weight is 398 g/mol. The van der Waals surface area contributed by atoms with Gasteiger partial charge in [-0.05, 0) is 31.9 Å². The summed E-state index contributed by atoms with van der Waals surface area (Å²) >= 11 is 0. The van der Waals surface area contributed by atoms with Crippen molar-refractivity contribution in [3.05, 3.63) is 30.3 Å². The maximum absolute atomic E-state index is 12.8. The van der Waals surface area contributed by atoms with E-state index in [0.717, 1.165) is 0 Å². The Morgan fingerprint density at radius 2 is 2.00 bits per heavy atom. The first-order valence-electron chi connectivity index (χ1n) is 8.76. The molecule has 2 unspecified atom stereocenters. The lowest BCUT2D eigenvalue weighted by molar-refractivity contribution is -0.140. The predicted molar refractivity (Wildman–Crippen MR) is 98.6 cm³/mol. The third-order valence-corrected chi connectivity index (χ3v) is 6.44. The molecular formula is C18H26N2O6S. The van der Waals surface area contributed by atoms with Crippen molar-refractivity contribution in [2.24, 2.45) is 5.92 Å². The molecule has 1 saturated heterocycles. The molecule has 1 aliphatic rings. The number of carbonyl (C=O) groups excluding carboxylic acids is 1. The molecule has 1 aromatic carbocycles. The Hall–Kier alpha value is -1.97. The summed E-state index contributed by atoms with van der Waals surface area (Å²) in [4.78, 5) is 24.0. The summed E-state index contributed by atoms with van der Waals surface area (Å²) < 4.78 is 31.9. The topological polar surface area (TPSA) is 113 Å². The van der Waals surface area contributed by atoms with Crippen LogP contribution >= 0.6 is 0 Å². The van der Waals surface area contributed by atoms with Gasteiger partial charge in [-0.2, -0.15) is 4.31 Å². The maximum atomic E-state index is 12.8. The van der Waals surface area contributed by atoms with Crippen LogP contribution < -0.4 is 5.32 Å². The van der Waals surface area contributed by atoms with Crippen molar-refractivity contribution in [2.45, 2.75) is 36.6 Å². The fourth-order valence-electron chi connectivity index (χ4n) is 3.30. The van der Waals surface area contributed by atoms with Crippen LogP contribution in [0.25, 0.3) is 0 Å². The van der Waals surface area contributed by atoms with Crippen LogP contribution in [-0.2, 0) is 24.3 Å². The smallest absolute Gasteiger partial charge is 0.305 e. The molecular weight excluding hydrogens is 372 g/mol. The van der Waals surface area contributed by atoms with E-state index in [4.69, 9.17) is 9.84 Å². The minimum Gasteiger partial charge on any atom is -0.481 e. The number of hydrogen-bond donors (Lipinski definition) is 2. The summed E-state index contributed by atoms with van der Waals surface area (Å²) in [5, 5.41) is 11.8. The van der Waals surface area contributed by atoms with Gasteiger partial charge in [0.15, 0.2) is 0 Å². The highest BCUT2D eigenvalue weighted by Gasteiger charge is 2.36. The standard InChI is InChI=1S/C18H26N2O6S/c1-18(13-26-2,11-16(21)22)19-17(23)14-7-6-10-20(12-14)27(24,25)15-8-4-3-5-9-15/h3-5,8-9,14H,6-7,10-13H2,1-2H3,(H,19,23)(H,21,22). The van der Waals surface area contributed by atoms with Crippen LogP contribution in [0.4, 0.5) is 0 Å². The van der Waals surface area contributed by atoms with Crippen LogP contribution in [0.2, 0.25) is 0 Å². The van der Waals surface area contributed by atoms with Crippen LogP contribution in [0.1, 0.15) is 26.2 Å². The zero-order valence-electron chi connectivity index (χ0n) is 15.6. The second-order valence-corrected chi connectivity index (χ2v) is 9.01. The van der Waals surface area contributed by atoms with E-state index in [2.05, 4.69) is 5.32 Å². The molecule has 0 aliphatic carbocycles.